The minimum absolute atomic E-state index is 0.0791. The molecule has 2 rings (SSSR count). The number of hydrogen-bond acceptors (Lipinski definition) is 5. The van der Waals surface area contributed by atoms with E-state index < -0.39 is 0 Å². The Morgan fingerprint density at radius 3 is 2.94 bits per heavy atom. The monoisotopic (exact) mass is 282 g/mol. The van der Waals surface area contributed by atoms with E-state index in [1.807, 2.05) is 0 Å². The molecule has 7 heteroatoms. The molecule has 0 saturated heterocycles. The second-order valence-electron chi connectivity index (χ2n) is 2.95. The maximum absolute atomic E-state index is 11.7. The van der Waals surface area contributed by atoms with Gasteiger partial charge in [-0.05, 0) is 28.1 Å². The lowest BCUT2D eigenvalue weighted by Crippen LogP contribution is -2.12. The minimum atomic E-state index is -0.327. The first-order valence-electron chi connectivity index (χ1n) is 4.38. The third-order valence-electron chi connectivity index (χ3n) is 1.74. The molecule has 6 nitrogen and oxygen atoms in total. The van der Waals surface area contributed by atoms with Crippen LogP contribution in [0.5, 0.6) is 0 Å². The smallest absolute Gasteiger partial charge is 0.322 e. The standard InChI is InChI=1S/C9H7BrN4O2/c1-5-13-14-9(16-5)12-8(15)6-2-3-11-7(10)4-6/h2-4H,1H3,(H,12,14,15). The highest BCUT2D eigenvalue weighted by molar-refractivity contribution is 9.10. The van der Waals surface area contributed by atoms with Crippen molar-refractivity contribution in [1.82, 2.24) is 15.2 Å². The first-order valence-corrected chi connectivity index (χ1v) is 5.17. The number of anilines is 1. The van der Waals surface area contributed by atoms with Crippen LogP contribution >= 0.6 is 15.9 Å². The summed E-state index contributed by atoms with van der Waals surface area (Å²) in [6.07, 6.45) is 1.53. The van der Waals surface area contributed by atoms with Gasteiger partial charge in [-0.25, -0.2) is 4.98 Å². The number of aromatic nitrogens is 3. The van der Waals surface area contributed by atoms with Gasteiger partial charge in [0.05, 0.1) is 0 Å². The molecule has 82 valence electrons. The van der Waals surface area contributed by atoms with Gasteiger partial charge in [-0.3, -0.25) is 10.1 Å². The molecule has 0 radical (unpaired) electrons. The van der Waals surface area contributed by atoms with Gasteiger partial charge < -0.3 is 4.42 Å². The predicted molar refractivity (Wildman–Crippen MR) is 58.9 cm³/mol. The molecule has 0 aromatic carbocycles. The molecule has 2 heterocycles. The number of carbonyl (C=O) groups excluding carboxylic acids is 1. The van der Waals surface area contributed by atoms with Crippen molar-refractivity contribution in [2.45, 2.75) is 6.92 Å². The van der Waals surface area contributed by atoms with Gasteiger partial charge in [-0.15, -0.1) is 5.10 Å². The fraction of sp³-hybridized carbons (Fsp3) is 0.111. The van der Waals surface area contributed by atoms with Crippen molar-refractivity contribution in [2.75, 3.05) is 5.32 Å². The zero-order valence-electron chi connectivity index (χ0n) is 8.27. The molecule has 0 spiro atoms. The Balaban J connectivity index is 2.14. The average Bonchev–Trinajstić information content (AvgIpc) is 2.64. The number of halogens is 1. The van der Waals surface area contributed by atoms with Crippen molar-refractivity contribution < 1.29 is 9.21 Å². The van der Waals surface area contributed by atoms with E-state index in [4.69, 9.17) is 4.42 Å². The minimum Gasteiger partial charge on any atom is -0.408 e. The van der Waals surface area contributed by atoms with Crippen molar-refractivity contribution in [3.05, 3.63) is 34.4 Å². The molecule has 0 aliphatic heterocycles. The summed E-state index contributed by atoms with van der Waals surface area (Å²) in [5.41, 5.74) is 0.456. The van der Waals surface area contributed by atoms with Crippen molar-refractivity contribution in [3.63, 3.8) is 0 Å². The molecule has 1 amide bonds. The molecule has 0 unspecified atom stereocenters. The molecular weight excluding hydrogens is 276 g/mol. The summed E-state index contributed by atoms with van der Waals surface area (Å²) < 4.78 is 5.61. The van der Waals surface area contributed by atoms with Gasteiger partial charge in [-0.1, -0.05) is 5.10 Å². The zero-order chi connectivity index (χ0) is 11.5. The van der Waals surface area contributed by atoms with Gasteiger partial charge in [0.15, 0.2) is 0 Å². The van der Waals surface area contributed by atoms with Crippen LogP contribution in [0.25, 0.3) is 0 Å². The Morgan fingerprint density at radius 1 is 1.50 bits per heavy atom. The Kier molecular flexibility index (Phi) is 2.95. The molecule has 0 bridgehead atoms. The largest absolute Gasteiger partial charge is 0.408 e. The summed E-state index contributed by atoms with van der Waals surface area (Å²) in [6.45, 7) is 1.64. The molecule has 2 aromatic rings. The van der Waals surface area contributed by atoms with Crippen molar-refractivity contribution >= 4 is 27.9 Å². The number of nitrogens with zero attached hydrogens (tertiary/aromatic N) is 3. The van der Waals surface area contributed by atoms with E-state index in [1.54, 1.807) is 19.1 Å². The highest BCUT2D eigenvalue weighted by atomic mass is 79.9. The van der Waals surface area contributed by atoms with Crippen molar-refractivity contribution in [3.8, 4) is 0 Å². The van der Waals surface area contributed by atoms with Crippen molar-refractivity contribution in [2.24, 2.45) is 0 Å². The number of carbonyl (C=O) groups is 1. The molecular formula is C9H7BrN4O2. The van der Waals surface area contributed by atoms with Crippen LogP contribution in [0.15, 0.2) is 27.3 Å². The number of pyridine rings is 1. The molecule has 2 aromatic heterocycles. The Labute approximate surface area is 99.2 Å². The molecule has 16 heavy (non-hydrogen) atoms. The van der Waals surface area contributed by atoms with Crippen LogP contribution in [-0.2, 0) is 0 Å². The maximum atomic E-state index is 11.7. The van der Waals surface area contributed by atoms with Crippen LogP contribution in [0.1, 0.15) is 16.2 Å². The third-order valence-corrected chi connectivity index (χ3v) is 2.17. The maximum Gasteiger partial charge on any atom is 0.322 e. The van der Waals surface area contributed by atoms with Gasteiger partial charge in [0.2, 0.25) is 5.89 Å². The molecule has 0 aliphatic carbocycles. The van der Waals surface area contributed by atoms with Crippen LogP contribution in [0.2, 0.25) is 0 Å². The van der Waals surface area contributed by atoms with Crippen LogP contribution < -0.4 is 5.32 Å². The highest BCUT2D eigenvalue weighted by Gasteiger charge is 2.10. The number of hydrogen-bond donors (Lipinski definition) is 1. The summed E-state index contributed by atoms with van der Waals surface area (Å²) in [7, 11) is 0. The van der Waals surface area contributed by atoms with Gasteiger partial charge in [0.25, 0.3) is 5.91 Å². The Hall–Kier alpha value is -1.76. The van der Waals surface area contributed by atoms with Gasteiger partial charge in [0.1, 0.15) is 4.60 Å². The van der Waals surface area contributed by atoms with E-state index >= 15 is 0 Å². The molecule has 1 N–H and O–H groups in total. The summed E-state index contributed by atoms with van der Waals surface area (Å²) >= 11 is 3.18. The Morgan fingerprint density at radius 2 is 2.31 bits per heavy atom. The Bertz CT molecular complexity index is 526. The van der Waals surface area contributed by atoms with Crippen molar-refractivity contribution in [1.29, 1.82) is 0 Å². The normalized spacial score (nSPS) is 10.1. The third kappa shape index (κ3) is 2.43. The summed E-state index contributed by atoms with van der Waals surface area (Å²) in [5.74, 6) is 0.0676. The second-order valence-corrected chi connectivity index (χ2v) is 3.76. The summed E-state index contributed by atoms with van der Waals surface area (Å²) in [4.78, 5) is 15.6. The number of rotatable bonds is 2. The number of amides is 1. The fourth-order valence-corrected chi connectivity index (χ4v) is 1.42. The first kappa shape index (κ1) is 10.7. The first-order chi connectivity index (χ1) is 7.65. The van der Waals surface area contributed by atoms with E-state index in [9.17, 15) is 4.79 Å². The topological polar surface area (TPSA) is 80.9 Å². The average molecular weight is 283 g/mol. The number of nitrogens with one attached hydrogen (secondary N) is 1. The molecule has 0 fully saturated rings. The number of aryl methyl sites for hydroxylation is 1. The second kappa shape index (κ2) is 4.40. The quantitative estimate of drug-likeness (QED) is 0.850. The zero-order valence-corrected chi connectivity index (χ0v) is 9.85. The van der Waals surface area contributed by atoms with E-state index in [1.165, 1.54) is 6.20 Å². The molecule has 0 saturated carbocycles. The van der Waals surface area contributed by atoms with E-state index in [-0.39, 0.29) is 11.9 Å². The van der Waals surface area contributed by atoms with Crippen LogP contribution in [0.3, 0.4) is 0 Å². The SMILES string of the molecule is Cc1nnc(NC(=O)c2ccnc(Br)c2)o1. The van der Waals surface area contributed by atoms with E-state index in [0.717, 1.165) is 0 Å². The summed E-state index contributed by atoms with van der Waals surface area (Å²) in [5, 5.41) is 9.73. The fourth-order valence-electron chi connectivity index (χ4n) is 1.06. The highest BCUT2D eigenvalue weighted by Crippen LogP contribution is 2.10. The van der Waals surface area contributed by atoms with Crippen LogP contribution in [-0.4, -0.2) is 21.1 Å². The molecule has 0 aliphatic rings. The predicted octanol–water partition coefficient (Wildman–Crippen LogP) is 1.79. The van der Waals surface area contributed by atoms with Gasteiger partial charge in [-0.2, -0.15) is 0 Å². The lowest BCUT2D eigenvalue weighted by molar-refractivity contribution is 0.102. The lowest BCUT2D eigenvalue weighted by atomic mass is 10.2. The van der Waals surface area contributed by atoms with E-state index in [0.29, 0.717) is 16.1 Å². The van der Waals surface area contributed by atoms with E-state index in [2.05, 4.69) is 36.4 Å². The van der Waals surface area contributed by atoms with Crippen LogP contribution in [0.4, 0.5) is 6.01 Å². The van der Waals surface area contributed by atoms with Gasteiger partial charge in [0, 0.05) is 18.7 Å². The van der Waals surface area contributed by atoms with Crippen LogP contribution in [0, 0.1) is 6.92 Å². The van der Waals surface area contributed by atoms with Gasteiger partial charge >= 0.3 is 6.01 Å². The summed E-state index contributed by atoms with van der Waals surface area (Å²) in [6, 6.07) is 3.26. The lowest BCUT2D eigenvalue weighted by Gasteiger charge is -1.99. The molecule has 0 atom stereocenters.